The first kappa shape index (κ1) is 22.5. The fraction of sp³-hybridized carbons (Fsp3) is 0.111. The summed E-state index contributed by atoms with van der Waals surface area (Å²) in [4.78, 5) is 25.8. The summed E-state index contributed by atoms with van der Waals surface area (Å²) in [5, 5.41) is 7.62. The van der Waals surface area contributed by atoms with Crippen LogP contribution in [0, 0.1) is 0 Å². The lowest BCUT2D eigenvalue weighted by atomic mass is 10.1. The third-order valence-corrected chi connectivity index (χ3v) is 5.86. The highest BCUT2D eigenvalue weighted by Gasteiger charge is 2.14. The fourth-order valence-electron chi connectivity index (χ4n) is 3.35. The van der Waals surface area contributed by atoms with Gasteiger partial charge in [0.1, 0.15) is 0 Å². The highest BCUT2D eigenvalue weighted by molar-refractivity contribution is 7.12. The van der Waals surface area contributed by atoms with Crippen LogP contribution in [0.15, 0.2) is 96.4 Å². The number of thiophene rings is 1. The average Bonchev–Trinajstić information content (AvgIpc) is 3.39. The van der Waals surface area contributed by atoms with E-state index in [0.29, 0.717) is 35.9 Å². The summed E-state index contributed by atoms with van der Waals surface area (Å²) in [6.45, 7) is 1.42. The molecule has 33 heavy (non-hydrogen) atoms. The highest BCUT2D eigenvalue weighted by atomic mass is 32.1. The van der Waals surface area contributed by atoms with Gasteiger partial charge in [-0.1, -0.05) is 72.8 Å². The second kappa shape index (κ2) is 11.2. The van der Waals surface area contributed by atoms with Gasteiger partial charge in [0, 0.05) is 6.54 Å². The molecule has 0 unspecified atom stereocenters. The van der Waals surface area contributed by atoms with Gasteiger partial charge in [-0.3, -0.25) is 9.59 Å². The summed E-state index contributed by atoms with van der Waals surface area (Å²) in [5.74, 6) is -0.476. The van der Waals surface area contributed by atoms with E-state index in [1.54, 1.807) is 30.3 Å². The van der Waals surface area contributed by atoms with Crippen LogP contribution >= 0.6 is 11.3 Å². The Balaban J connectivity index is 1.33. The Morgan fingerprint density at radius 2 is 1.45 bits per heavy atom. The molecule has 166 valence electrons. The predicted octanol–water partition coefficient (Wildman–Crippen LogP) is 5.65. The van der Waals surface area contributed by atoms with Crippen LogP contribution in [-0.4, -0.2) is 11.8 Å². The van der Waals surface area contributed by atoms with Crippen LogP contribution in [0.3, 0.4) is 0 Å². The Bertz CT molecular complexity index is 1210. The summed E-state index contributed by atoms with van der Waals surface area (Å²) in [6, 6.07) is 28.6. The van der Waals surface area contributed by atoms with Gasteiger partial charge in [0.25, 0.3) is 11.8 Å². The van der Waals surface area contributed by atoms with Crippen molar-refractivity contribution in [1.29, 1.82) is 0 Å². The highest BCUT2D eigenvalue weighted by Crippen LogP contribution is 2.18. The van der Waals surface area contributed by atoms with Gasteiger partial charge in [0.05, 0.1) is 29.3 Å². The van der Waals surface area contributed by atoms with Crippen LogP contribution < -0.4 is 10.6 Å². The molecule has 0 aliphatic heterocycles. The molecule has 0 saturated heterocycles. The molecule has 0 aliphatic carbocycles. The minimum absolute atomic E-state index is 0.228. The summed E-state index contributed by atoms with van der Waals surface area (Å²) < 4.78 is 5.81. The number of hydrogen-bond donors (Lipinski definition) is 2. The third-order valence-electron chi connectivity index (χ3n) is 4.99. The van der Waals surface area contributed by atoms with Gasteiger partial charge >= 0.3 is 0 Å². The lowest BCUT2D eigenvalue weighted by molar-refractivity contribution is 0.0951. The largest absolute Gasteiger partial charge is 0.372 e. The lowest BCUT2D eigenvalue weighted by Crippen LogP contribution is -2.24. The summed E-state index contributed by atoms with van der Waals surface area (Å²) in [6.07, 6.45) is 0. The van der Waals surface area contributed by atoms with Crippen molar-refractivity contribution in [1.82, 2.24) is 5.32 Å². The second-order valence-corrected chi connectivity index (χ2v) is 8.41. The number of amides is 2. The first-order valence-corrected chi connectivity index (χ1v) is 11.5. The van der Waals surface area contributed by atoms with Gasteiger partial charge in [-0.2, -0.15) is 0 Å². The Morgan fingerprint density at radius 1 is 0.727 bits per heavy atom. The Kier molecular flexibility index (Phi) is 7.64. The van der Waals surface area contributed by atoms with E-state index >= 15 is 0 Å². The monoisotopic (exact) mass is 456 g/mol. The molecule has 4 rings (SSSR count). The van der Waals surface area contributed by atoms with Gasteiger partial charge < -0.3 is 15.4 Å². The molecule has 0 saturated carbocycles. The smallest absolute Gasteiger partial charge is 0.265 e. The van der Waals surface area contributed by atoms with E-state index < -0.39 is 0 Å². The maximum Gasteiger partial charge on any atom is 0.265 e. The van der Waals surface area contributed by atoms with E-state index in [2.05, 4.69) is 10.6 Å². The number of rotatable bonds is 9. The number of nitrogens with one attached hydrogen (secondary N) is 2. The van der Waals surface area contributed by atoms with Crippen LogP contribution in [0.4, 0.5) is 5.69 Å². The first-order valence-electron chi connectivity index (χ1n) is 10.6. The summed E-state index contributed by atoms with van der Waals surface area (Å²) in [5.41, 5.74) is 4.05. The number of para-hydroxylation sites is 1. The van der Waals surface area contributed by atoms with E-state index in [-0.39, 0.29) is 11.8 Å². The Morgan fingerprint density at radius 3 is 2.27 bits per heavy atom. The summed E-state index contributed by atoms with van der Waals surface area (Å²) in [7, 11) is 0. The zero-order valence-corrected chi connectivity index (χ0v) is 18.8. The molecule has 0 spiro atoms. The molecule has 2 amide bonds. The molecular formula is C27H24N2O3S. The van der Waals surface area contributed by atoms with Crippen LogP contribution in [0.5, 0.6) is 0 Å². The molecule has 5 nitrogen and oxygen atoms in total. The molecule has 3 aromatic carbocycles. The number of ether oxygens (including phenoxy) is 1. The van der Waals surface area contributed by atoms with Gasteiger partial charge in [-0.15, -0.1) is 11.3 Å². The molecule has 0 bridgehead atoms. The van der Waals surface area contributed by atoms with E-state index in [1.165, 1.54) is 11.3 Å². The quantitative estimate of drug-likeness (QED) is 0.342. The van der Waals surface area contributed by atoms with Crippen LogP contribution in [0.2, 0.25) is 0 Å². The standard InChI is InChI=1S/C27H24N2O3S/c30-26(23-12-4-5-13-24(23)29-27(31)25-14-7-15-33-25)28-17-21-10-6-11-22(16-21)19-32-18-20-8-2-1-3-9-20/h1-16H,17-19H2,(H,28,30)(H,29,31). The minimum Gasteiger partial charge on any atom is -0.372 e. The predicted molar refractivity (Wildman–Crippen MR) is 131 cm³/mol. The number of carbonyl (C=O) groups is 2. The van der Waals surface area contributed by atoms with Gasteiger partial charge in [0.2, 0.25) is 0 Å². The average molecular weight is 457 g/mol. The van der Waals surface area contributed by atoms with E-state index in [1.807, 2.05) is 66.0 Å². The van der Waals surface area contributed by atoms with Crippen molar-refractivity contribution in [2.75, 3.05) is 5.32 Å². The molecule has 2 N–H and O–H groups in total. The van der Waals surface area contributed by atoms with Gasteiger partial charge in [0.15, 0.2) is 0 Å². The van der Waals surface area contributed by atoms with Crippen molar-refractivity contribution < 1.29 is 14.3 Å². The number of carbonyl (C=O) groups excluding carboxylic acids is 2. The molecule has 0 fully saturated rings. The van der Waals surface area contributed by atoms with E-state index in [0.717, 1.165) is 16.7 Å². The van der Waals surface area contributed by atoms with E-state index in [9.17, 15) is 9.59 Å². The van der Waals surface area contributed by atoms with Crippen LogP contribution in [0.1, 0.15) is 36.7 Å². The van der Waals surface area contributed by atoms with Crippen LogP contribution in [-0.2, 0) is 24.5 Å². The number of hydrogen-bond acceptors (Lipinski definition) is 4. The summed E-state index contributed by atoms with van der Waals surface area (Å²) >= 11 is 1.35. The molecule has 0 radical (unpaired) electrons. The van der Waals surface area contributed by atoms with Crippen LogP contribution in [0.25, 0.3) is 0 Å². The van der Waals surface area contributed by atoms with E-state index in [4.69, 9.17) is 4.74 Å². The van der Waals surface area contributed by atoms with Gasteiger partial charge in [-0.25, -0.2) is 0 Å². The fourth-order valence-corrected chi connectivity index (χ4v) is 3.97. The topological polar surface area (TPSA) is 67.4 Å². The maximum atomic E-state index is 12.8. The number of anilines is 1. The second-order valence-electron chi connectivity index (χ2n) is 7.46. The van der Waals surface area contributed by atoms with Crippen molar-refractivity contribution in [3.8, 4) is 0 Å². The molecule has 6 heteroatoms. The van der Waals surface area contributed by atoms with Crippen molar-refractivity contribution >= 4 is 28.8 Å². The zero-order valence-electron chi connectivity index (χ0n) is 18.0. The Labute approximate surface area is 197 Å². The first-order chi connectivity index (χ1) is 16.2. The third kappa shape index (κ3) is 6.38. The van der Waals surface area contributed by atoms with Crippen molar-refractivity contribution in [2.45, 2.75) is 19.8 Å². The zero-order chi connectivity index (χ0) is 22.9. The van der Waals surface area contributed by atoms with Gasteiger partial charge in [-0.05, 0) is 40.3 Å². The maximum absolute atomic E-state index is 12.8. The van der Waals surface area contributed by atoms with Crippen molar-refractivity contribution in [3.05, 3.63) is 124 Å². The Hall–Kier alpha value is -3.74. The molecule has 0 atom stereocenters. The molecule has 0 aliphatic rings. The number of benzene rings is 3. The SMILES string of the molecule is O=C(Nc1ccccc1C(=O)NCc1cccc(COCc2ccccc2)c1)c1cccs1. The van der Waals surface area contributed by atoms with Crippen molar-refractivity contribution in [3.63, 3.8) is 0 Å². The molecule has 1 aromatic heterocycles. The molecular weight excluding hydrogens is 432 g/mol. The lowest BCUT2D eigenvalue weighted by Gasteiger charge is -2.12. The molecule has 1 heterocycles. The normalized spacial score (nSPS) is 10.5. The van der Waals surface area contributed by atoms with Crippen molar-refractivity contribution in [2.24, 2.45) is 0 Å². The molecule has 4 aromatic rings. The minimum atomic E-state index is -0.247.